The number of rotatable bonds is 4. The molecule has 2 aromatic rings. The number of sulfonamides is 1. The maximum absolute atomic E-state index is 13.9. The van der Waals surface area contributed by atoms with Crippen LogP contribution in [0.1, 0.15) is 17.4 Å². The van der Waals surface area contributed by atoms with Gasteiger partial charge < -0.3 is 4.57 Å². The topological polar surface area (TPSA) is 64.0 Å². The smallest absolute Gasteiger partial charge is 0.209 e. The Bertz CT molecular complexity index is 682. The number of benzene rings is 1. The lowest BCUT2D eigenvalue weighted by atomic mass is 10.1. The third kappa shape index (κ3) is 3.18. The van der Waals surface area contributed by atoms with Crippen molar-refractivity contribution in [1.82, 2.24) is 14.3 Å². The molecule has 0 bridgehead atoms. The number of hydrogen-bond acceptors (Lipinski definition) is 3. The first-order valence-corrected chi connectivity index (χ1v) is 7.46. The first-order chi connectivity index (χ1) is 8.88. The summed E-state index contributed by atoms with van der Waals surface area (Å²) in [5, 5.41) is 0. The minimum absolute atomic E-state index is 0.238. The lowest BCUT2D eigenvalue weighted by Gasteiger charge is -2.18. The van der Waals surface area contributed by atoms with E-state index in [0.29, 0.717) is 5.82 Å². The Balaban J connectivity index is 2.53. The van der Waals surface area contributed by atoms with Gasteiger partial charge in [0.2, 0.25) is 10.0 Å². The highest BCUT2D eigenvalue weighted by molar-refractivity contribution is 7.88. The molecule has 1 unspecified atom stereocenters. The van der Waals surface area contributed by atoms with Gasteiger partial charge >= 0.3 is 0 Å². The van der Waals surface area contributed by atoms with Gasteiger partial charge in [-0.2, -0.15) is 0 Å². The van der Waals surface area contributed by atoms with Gasteiger partial charge in [0, 0.05) is 25.0 Å². The fourth-order valence-corrected chi connectivity index (χ4v) is 2.49. The molecule has 0 aliphatic carbocycles. The number of halogens is 1. The van der Waals surface area contributed by atoms with Gasteiger partial charge in [-0.05, 0) is 6.07 Å². The van der Waals surface area contributed by atoms with Crippen molar-refractivity contribution in [2.75, 3.05) is 6.26 Å². The van der Waals surface area contributed by atoms with Crippen molar-refractivity contribution in [1.29, 1.82) is 0 Å². The second-order valence-corrected chi connectivity index (χ2v) is 6.02. The highest BCUT2D eigenvalue weighted by Crippen LogP contribution is 2.23. The van der Waals surface area contributed by atoms with Gasteiger partial charge in [0.25, 0.3) is 0 Å². The predicted molar refractivity (Wildman–Crippen MR) is 69.4 cm³/mol. The molecule has 0 saturated carbocycles. The zero-order valence-electron chi connectivity index (χ0n) is 10.5. The predicted octanol–water partition coefficient (Wildman–Crippen LogP) is 1.20. The van der Waals surface area contributed by atoms with Gasteiger partial charge in [-0.15, -0.1) is 0 Å². The average Bonchev–Trinajstić information content (AvgIpc) is 2.72. The van der Waals surface area contributed by atoms with E-state index in [-0.39, 0.29) is 5.56 Å². The third-order valence-corrected chi connectivity index (χ3v) is 3.33. The van der Waals surface area contributed by atoms with Gasteiger partial charge in [-0.25, -0.2) is 22.5 Å². The Morgan fingerprint density at radius 1 is 1.37 bits per heavy atom. The number of hydrogen-bond donors (Lipinski definition) is 1. The molecule has 0 radical (unpaired) electrons. The van der Waals surface area contributed by atoms with E-state index in [4.69, 9.17) is 0 Å². The second-order valence-electron chi connectivity index (χ2n) is 4.24. The summed E-state index contributed by atoms with van der Waals surface area (Å²) < 4.78 is 40.8. The van der Waals surface area contributed by atoms with E-state index in [1.165, 1.54) is 18.3 Å². The van der Waals surface area contributed by atoms with Crippen LogP contribution >= 0.6 is 0 Å². The van der Waals surface area contributed by atoms with Gasteiger partial charge in [-0.3, -0.25) is 0 Å². The van der Waals surface area contributed by atoms with Crippen molar-refractivity contribution in [3.63, 3.8) is 0 Å². The Labute approximate surface area is 111 Å². The summed E-state index contributed by atoms with van der Waals surface area (Å²) in [5.41, 5.74) is 0.238. The normalized spacial score (nSPS) is 13.4. The van der Waals surface area contributed by atoms with Crippen molar-refractivity contribution in [2.45, 2.75) is 6.04 Å². The van der Waals surface area contributed by atoms with Crippen LogP contribution in [0.15, 0.2) is 36.7 Å². The van der Waals surface area contributed by atoms with Crippen LogP contribution in [0.2, 0.25) is 0 Å². The minimum atomic E-state index is -3.50. The third-order valence-electron chi connectivity index (χ3n) is 2.66. The van der Waals surface area contributed by atoms with Crippen LogP contribution in [0.3, 0.4) is 0 Å². The zero-order chi connectivity index (χ0) is 14.0. The molecule has 0 amide bonds. The van der Waals surface area contributed by atoms with E-state index < -0.39 is 21.9 Å². The standard InChI is InChI=1S/C12H14FN3O2S/c1-16-8-7-14-12(16)11(15-19(2,17)18)9-5-3-4-6-10(9)13/h3-8,11,15H,1-2H3. The van der Waals surface area contributed by atoms with Crippen molar-refractivity contribution in [3.05, 3.63) is 53.9 Å². The second kappa shape index (κ2) is 5.10. The van der Waals surface area contributed by atoms with Gasteiger partial charge in [0.15, 0.2) is 0 Å². The van der Waals surface area contributed by atoms with Crippen LogP contribution in [0, 0.1) is 5.82 Å². The lowest BCUT2D eigenvalue weighted by Crippen LogP contribution is -2.30. The van der Waals surface area contributed by atoms with Crippen LogP contribution in [-0.4, -0.2) is 24.2 Å². The van der Waals surface area contributed by atoms with Crippen LogP contribution in [0.5, 0.6) is 0 Å². The Kier molecular flexibility index (Phi) is 3.68. The minimum Gasteiger partial charge on any atom is -0.336 e. The molecular weight excluding hydrogens is 269 g/mol. The summed E-state index contributed by atoms with van der Waals surface area (Å²) in [6.07, 6.45) is 4.24. The Hall–Kier alpha value is -1.73. The maximum Gasteiger partial charge on any atom is 0.209 e. The van der Waals surface area contributed by atoms with E-state index in [2.05, 4.69) is 9.71 Å². The van der Waals surface area contributed by atoms with Gasteiger partial charge in [-0.1, -0.05) is 18.2 Å². The molecule has 0 aliphatic heterocycles. The van der Waals surface area contributed by atoms with Crippen molar-refractivity contribution < 1.29 is 12.8 Å². The molecule has 0 aliphatic rings. The number of imidazole rings is 1. The number of nitrogens with one attached hydrogen (secondary N) is 1. The highest BCUT2D eigenvalue weighted by Gasteiger charge is 2.24. The van der Waals surface area contributed by atoms with Crippen LogP contribution < -0.4 is 4.72 Å². The molecule has 102 valence electrons. The van der Waals surface area contributed by atoms with Crippen LogP contribution in [-0.2, 0) is 17.1 Å². The lowest BCUT2D eigenvalue weighted by molar-refractivity contribution is 0.548. The monoisotopic (exact) mass is 283 g/mol. The first kappa shape index (κ1) is 13.7. The Morgan fingerprint density at radius 2 is 2.05 bits per heavy atom. The molecule has 5 nitrogen and oxygen atoms in total. The highest BCUT2D eigenvalue weighted by atomic mass is 32.2. The summed E-state index contributed by atoms with van der Waals surface area (Å²) in [6.45, 7) is 0. The summed E-state index contributed by atoms with van der Waals surface area (Å²) >= 11 is 0. The molecule has 2 rings (SSSR count). The van der Waals surface area contributed by atoms with Crippen molar-refractivity contribution in [2.24, 2.45) is 7.05 Å². The number of aromatic nitrogens is 2. The van der Waals surface area contributed by atoms with Crippen molar-refractivity contribution in [3.8, 4) is 0 Å². The quantitative estimate of drug-likeness (QED) is 0.917. The van der Waals surface area contributed by atoms with E-state index in [9.17, 15) is 12.8 Å². The summed E-state index contributed by atoms with van der Waals surface area (Å²) in [7, 11) is -1.78. The van der Waals surface area contributed by atoms with E-state index >= 15 is 0 Å². The Morgan fingerprint density at radius 3 is 2.58 bits per heavy atom. The van der Waals surface area contributed by atoms with E-state index in [0.717, 1.165) is 6.26 Å². The zero-order valence-corrected chi connectivity index (χ0v) is 11.4. The molecule has 0 fully saturated rings. The molecule has 1 aromatic carbocycles. The molecule has 1 heterocycles. The average molecular weight is 283 g/mol. The molecule has 19 heavy (non-hydrogen) atoms. The molecule has 7 heteroatoms. The van der Waals surface area contributed by atoms with Crippen LogP contribution in [0.25, 0.3) is 0 Å². The molecule has 1 atom stereocenters. The van der Waals surface area contributed by atoms with Crippen LogP contribution in [0.4, 0.5) is 4.39 Å². The largest absolute Gasteiger partial charge is 0.336 e. The van der Waals surface area contributed by atoms with Gasteiger partial charge in [0.1, 0.15) is 17.7 Å². The summed E-state index contributed by atoms with van der Waals surface area (Å²) in [6, 6.07) is 5.17. The molecule has 1 N–H and O–H groups in total. The van der Waals surface area contributed by atoms with E-state index in [1.54, 1.807) is 29.9 Å². The first-order valence-electron chi connectivity index (χ1n) is 5.57. The van der Waals surface area contributed by atoms with E-state index in [1.807, 2.05) is 0 Å². The number of aryl methyl sites for hydroxylation is 1. The molecule has 0 saturated heterocycles. The maximum atomic E-state index is 13.9. The fraction of sp³-hybridized carbons (Fsp3) is 0.250. The molecule has 1 aromatic heterocycles. The fourth-order valence-electron chi connectivity index (χ4n) is 1.83. The summed E-state index contributed by atoms with van der Waals surface area (Å²) in [5.74, 6) is -0.0535. The summed E-state index contributed by atoms with van der Waals surface area (Å²) in [4.78, 5) is 4.09. The SMILES string of the molecule is Cn1ccnc1C(NS(C)(=O)=O)c1ccccc1F. The van der Waals surface area contributed by atoms with Crippen molar-refractivity contribution >= 4 is 10.0 Å². The molecular formula is C12H14FN3O2S. The molecule has 0 spiro atoms. The number of nitrogens with zero attached hydrogens (tertiary/aromatic N) is 2. The van der Waals surface area contributed by atoms with Gasteiger partial charge in [0.05, 0.1) is 6.26 Å².